The average molecular weight is 335 g/mol. The molecule has 0 aliphatic rings. The highest BCUT2D eigenvalue weighted by Gasteiger charge is 2.11. The van der Waals surface area contributed by atoms with E-state index in [4.69, 9.17) is 20.0 Å². The normalized spacial score (nSPS) is 13.0. The van der Waals surface area contributed by atoms with Crippen molar-refractivity contribution in [1.82, 2.24) is 9.97 Å². The third-order valence-corrected chi connectivity index (χ3v) is 3.78. The number of halogens is 1. The summed E-state index contributed by atoms with van der Waals surface area (Å²) in [5.41, 5.74) is 6.73. The molecule has 0 bridgehead atoms. The Morgan fingerprint density at radius 3 is 3.00 bits per heavy atom. The highest BCUT2D eigenvalue weighted by atomic mass is 32.1. The predicted molar refractivity (Wildman–Crippen MR) is 86.9 cm³/mol. The Morgan fingerprint density at radius 2 is 2.30 bits per heavy atom. The van der Waals surface area contributed by atoms with Gasteiger partial charge >= 0.3 is 0 Å². The number of hydrogen-bond donors (Lipinski definition) is 2. The maximum Gasteiger partial charge on any atom is 0.220 e. The summed E-state index contributed by atoms with van der Waals surface area (Å²) in [6.45, 7) is -1.16. The Hall–Kier alpha value is -2.45. The number of aliphatic hydroxyl groups excluding tert-OH is 1. The quantitative estimate of drug-likeness (QED) is 0.719. The van der Waals surface area contributed by atoms with Crippen LogP contribution in [0, 0.1) is 0 Å². The number of aromatic nitrogens is 2. The van der Waals surface area contributed by atoms with E-state index in [-0.39, 0.29) is 0 Å². The molecule has 0 aliphatic carbocycles. The molecular weight excluding hydrogens is 321 g/mol. The van der Waals surface area contributed by atoms with Gasteiger partial charge in [-0.2, -0.15) is 0 Å². The number of ether oxygens (including phenoxy) is 1. The maximum absolute atomic E-state index is 12.6. The predicted octanol–water partition coefficient (Wildman–Crippen LogP) is 2.75. The molecule has 1 atom stereocenters. The van der Waals surface area contributed by atoms with Gasteiger partial charge in [-0.25, -0.2) is 14.4 Å². The number of nitrogens with zero attached hydrogens (tertiary/aromatic N) is 2. The molecule has 1 unspecified atom stereocenters. The van der Waals surface area contributed by atoms with E-state index >= 15 is 0 Å². The summed E-state index contributed by atoms with van der Waals surface area (Å²) in [6, 6.07) is 4.98. The zero-order valence-electron chi connectivity index (χ0n) is 12.0. The van der Waals surface area contributed by atoms with Crippen molar-refractivity contribution < 1.29 is 18.7 Å². The Balaban J connectivity index is 1.80. The van der Waals surface area contributed by atoms with Crippen LogP contribution in [0.15, 0.2) is 28.8 Å². The lowest BCUT2D eigenvalue weighted by Crippen LogP contribution is -2.23. The molecule has 0 spiro atoms. The Kier molecular flexibility index (Phi) is 4.54. The molecule has 2 heterocycles. The third-order valence-electron chi connectivity index (χ3n) is 2.99. The van der Waals surface area contributed by atoms with Gasteiger partial charge in [0.1, 0.15) is 24.0 Å². The van der Waals surface area contributed by atoms with E-state index in [1.165, 1.54) is 11.3 Å². The standard InChI is InChI=1S/C15H14FN3O3S/c16-6-10(8-20)21-9-1-3-12-13(5-9)22-14(19-12)4-2-11-7-18-15(17)23-11/h1-5,7,10,20H,6,8H2,(H2,17,18)/b4-2+. The molecule has 0 aliphatic heterocycles. The van der Waals surface area contributed by atoms with Gasteiger partial charge in [0.15, 0.2) is 10.7 Å². The smallest absolute Gasteiger partial charge is 0.220 e. The second-order valence-electron chi connectivity index (χ2n) is 4.69. The minimum Gasteiger partial charge on any atom is -0.485 e. The second kappa shape index (κ2) is 6.76. The maximum atomic E-state index is 12.6. The number of anilines is 1. The first-order valence-corrected chi connectivity index (χ1v) is 7.63. The van der Waals surface area contributed by atoms with Gasteiger partial charge in [-0.15, -0.1) is 0 Å². The molecule has 3 N–H and O–H groups in total. The van der Waals surface area contributed by atoms with E-state index in [0.717, 1.165) is 4.88 Å². The number of benzene rings is 1. The van der Waals surface area contributed by atoms with Crippen molar-refractivity contribution in [2.75, 3.05) is 19.0 Å². The number of fused-ring (bicyclic) bond motifs is 1. The van der Waals surface area contributed by atoms with Crippen LogP contribution in [0.25, 0.3) is 23.3 Å². The van der Waals surface area contributed by atoms with Gasteiger partial charge in [0.25, 0.3) is 0 Å². The lowest BCUT2D eigenvalue weighted by molar-refractivity contribution is 0.0932. The molecule has 0 radical (unpaired) electrons. The van der Waals surface area contributed by atoms with Crippen molar-refractivity contribution in [2.45, 2.75) is 6.10 Å². The first-order chi connectivity index (χ1) is 11.2. The van der Waals surface area contributed by atoms with E-state index in [1.807, 2.05) is 0 Å². The summed E-state index contributed by atoms with van der Waals surface area (Å²) in [4.78, 5) is 9.16. The van der Waals surface area contributed by atoms with Crippen molar-refractivity contribution >= 4 is 39.7 Å². The fourth-order valence-electron chi connectivity index (χ4n) is 1.91. The lowest BCUT2D eigenvalue weighted by Gasteiger charge is -2.12. The molecule has 0 amide bonds. The molecule has 6 nitrogen and oxygen atoms in total. The van der Waals surface area contributed by atoms with Crippen molar-refractivity contribution in [1.29, 1.82) is 0 Å². The molecule has 23 heavy (non-hydrogen) atoms. The SMILES string of the molecule is Nc1ncc(/C=C/c2nc3ccc(OC(CO)CF)cc3o2)s1. The molecule has 3 rings (SSSR count). The summed E-state index contributed by atoms with van der Waals surface area (Å²) in [7, 11) is 0. The minimum absolute atomic E-state index is 0.392. The summed E-state index contributed by atoms with van der Waals surface area (Å²) < 4.78 is 23.5. The minimum atomic E-state index is -0.883. The number of hydrogen-bond acceptors (Lipinski definition) is 7. The van der Waals surface area contributed by atoms with Crippen LogP contribution >= 0.6 is 11.3 Å². The summed E-state index contributed by atoms with van der Waals surface area (Å²) in [6.07, 6.45) is 4.30. The molecule has 3 aromatic rings. The molecule has 1 aromatic carbocycles. The molecular formula is C15H14FN3O3S. The van der Waals surface area contributed by atoms with Gasteiger partial charge in [-0.05, 0) is 18.2 Å². The van der Waals surface area contributed by atoms with Gasteiger partial charge in [-0.3, -0.25) is 0 Å². The van der Waals surface area contributed by atoms with E-state index < -0.39 is 19.4 Å². The number of nitrogen functional groups attached to an aromatic ring is 1. The first kappa shape index (κ1) is 15.4. The zero-order valence-corrected chi connectivity index (χ0v) is 12.8. The van der Waals surface area contributed by atoms with E-state index in [9.17, 15) is 4.39 Å². The summed E-state index contributed by atoms with van der Waals surface area (Å²) in [5, 5.41) is 9.46. The van der Waals surface area contributed by atoms with Crippen LogP contribution in [0.2, 0.25) is 0 Å². The number of thiazole rings is 1. The molecule has 0 saturated carbocycles. The fourth-order valence-corrected chi connectivity index (χ4v) is 2.50. The number of oxazole rings is 1. The van der Waals surface area contributed by atoms with Crippen molar-refractivity contribution in [2.24, 2.45) is 0 Å². The third kappa shape index (κ3) is 3.66. The summed E-state index contributed by atoms with van der Waals surface area (Å²) in [5.74, 6) is 0.837. The van der Waals surface area contributed by atoms with Crippen LogP contribution in [-0.4, -0.2) is 34.5 Å². The molecule has 0 saturated heterocycles. The van der Waals surface area contributed by atoms with E-state index in [0.29, 0.717) is 27.9 Å². The number of aliphatic hydroxyl groups is 1. The first-order valence-electron chi connectivity index (χ1n) is 6.81. The van der Waals surface area contributed by atoms with Crippen molar-refractivity contribution in [3.05, 3.63) is 35.2 Å². The van der Waals surface area contributed by atoms with Crippen LogP contribution in [0.1, 0.15) is 10.8 Å². The van der Waals surface area contributed by atoms with Gasteiger partial charge in [0.05, 0.1) is 6.61 Å². The fraction of sp³-hybridized carbons (Fsp3) is 0.200. The molecule has 0 fully saturated rings. The van der Waals surface area contributed by atoms with Gasteiger partial charge in [0, 0.05) is 23.2 Å². The van der Waals surface area contributed by atoms with Crippen molar-refractivity contribution in [3.8, 4) is 5.75 Å². The second-order valence-corrected chi connectivity index (χ2v) is 5.79. The molecule has 8 heteroatoms. The van der Waals surface area contributed by atoms with Crippen LogP contribution in [0.4, 0.5) is 9.52 Å². The molecule has 2 aromatic heterocycles. The average Bonchev–Trinajstić information content (AvgIpc) is 3.15. The number of nitrogens with two attached hydrogens (primary N) is 1. The highest BCUT2D eigenvalue weighted by molar-refractivity contribution is 7.16. The van der Waals surface area contributed by atoms with E-state index in [2.05, 4.69) is 9.97 Å². The van der Waals surface area contributed by atoms with Gasteiger partial charge in [0.2, 0.25) is 5.89 Å². The lowest BCUT2D eigenvalue weighted by atomic mass is 10.3. The van der Waals surface area contributed by atoms with E-state index in [1.54, 1.807) is 36.5 Å². The number of alkyl halides is 1. The van der Waals surface area contributed by atoms with Crippen LogP contribution < -0.4 is 10.5 Å². The molecule has 120 valence electrons. The van der Waals surface area contributed by atoms with Crippen molar-refractivity contribution in [3.63, 3.8) is 0 Å². The van der Waals surface area contributed by atoms with Gasteiger partial charge < -0.3 is 20.0 Å². The topological polar surface area (TPSA) is 94.4 Å². The summed E-state index contributed by atoms with van der Waals surface area (Å²) >= 11 is 1.36. The highest BCUT2D eigenvalue weighted by Crippen LogP contribution is 2.24. The van der Waals surface area contributed by atoms with Gasteiger partial charge in [-0.1, -0.05) is 11.3 Å². The monoisotopic (exact) mass is 335 g/mol. The van der Waals surface area contributed by atoms with Crippen LogP contribution in [0.3, 0.4) is 0 Å². The zero-order chi connectivity index (χ0) is 16.2. The van der Waals surface area contributed by atoms with Crippen LogP contribution in [0.5, 0.6) is 5.75 Å². The Morgan fingerprint density at radius 1 is 1.43 bits per heavy atom. The number of rotatable bonds is 6. The Labute approximate surface area is 135 Å². The van der Waals surface area contributed by atoms with Crippen LogP contribution in [-0.2, 0) is 0 Å². The largest absolute Gasteiger partial charge is 0.485 e. The Bertz CT molecular complexity index is 826.